The minimum absolute atomic E-state index is 0.350. The molecular formula is C22H23BO5. The number of hydrogen-bond acceptors (Lipinski definition) is 5. The van der Waals surface area contributed by atoms with E-state index >= 15 is 0 Å². The fourth-order valence-corrected chi connectivity index (χ4v) is 3.16. The summed E-state index contributed by atoms with van der Waals surface area (Å²) in [5.41, 5.74) is 1.26. The molecule has 1 fully saturated rings. The smallest absolute Gasteiger partial charge is 0.489 e. The van der Waals surface area contributed by atoms with Gasteiger partial charge in [0.15, 0.2) is 0 Å². The second kappa shape index (κ2) is 6.80. The van der Waals surface area contributed by atoms with Crippen molar-refractivity contribution in [2.45, 2.75) is 45.5 Å². The van der Waals surface area contributed by atoms with Gasteiger partial charge in [-0.3, -0.25) is 0 Å². The molecule has 5 nitrogen and oxygen atoms in total. The molecule has 6 heteroatoms. The van der Waals surface area contributed by atoms with Gasteiger partial charge in [0.05, 0.1) is 11.2 Å². The number of benzene rings is 2. The zero-order chi connectivity index (χ0) is 19.9. The summed E-state index contributed by atoms with van der Waals surface area (Å²) in [4.78, 5) is 11.4. The summed E-state index contributed by atoms with van der Waals surface area (Å²) in [6.07, 6.45) is 0. The molecule has 2 heterocycles. The van der Waals surface area contributed by atoms with E-state index in [0.717, 1.165) is 16.4 Å². The first-order valence-corrected chi connectivity index (χ1v) is 9.35. The Morgan fingerprint density at radius 1 is 0.929 bits per heavy atom. The van der Waals surface area contributed by atoms with Crippen molar-refractivity contribution < 1.29 is 18.5 Å². The second-order valence-electron chi connectivity index (χ2n) is 8.03. The third-order valence-corrected chi connectivity index (χ3v) is 5.55. The summed E-state index contributed by atoms with van der Waals surface area (Å²) in [6, 6.07) is 16.5. The lowest BCUT2D eigenvalue weighted by atomic mass is 9.76. The third kappa shape index (κ3) is 3.45. The molecule has 1 aliphatic heterocycles. The maximum Gasteiger partial charge on any atom is 0.495 e. The van der Waals surface area contributed by atoms with Gasteiger partial charge in [0, 0.05) is 17.5 Å². The largest absolute Gasteiger partial charge is 0.495 e. The summed E-state index contributed by atoms with van der Waals surface area (Å²) in [5, 5.41) is 0.851. The van der Waals surface area contributed by atoms with Crippen molar-refractivity contribution in [3.63, 3.8) is 0 Å². The number of fused-ring (bicyclic) bond motifs is 1. The van der Waals surface area contributed by atoms with Gasteiger partial charge in [0.2, 0.25) is 0 Å². The molecule has 1 aromatic heterocycles. The molecule has 28 heavy (non-hydrogen) atoms. The van der Waals surface area contributed by atoms with Crippen molar-refractivity contribution in [1.82, 2.24) is 0 Å². The first-order valence-electron chi connectivity index (χ1n) is 9.35. The SMILES string of the molecule is CC1(C)OB(c2ccccc2COc2ccc3ccc(=O)oc3c2)OC1(C)C. The molecule has 0 unspecified atom stereocenters. The minimum Gasteiger partial charge on any atom is -0.489 e. The molecule has 4 rings (SSSR count). The van der Waals surface area contributed by atoms with E-state index in [1.165, 1.54) is 6.07 Å². The summed E-state index contributed by atoms with van der Waals surface area (Å²) in [7, 11) is -0.445. The molecule has 2 aromatic carbocycles. The zero-order valence-corrected chi connectivity index (χ0v) is 16.5. The Labute approximate surface area is 164 Å². The topological polar surface area (TPSA) is 57.9 Å². The molecule has 0 atom stereocenters. The first kappa shape index (κ1) is 18.8. The Balaban J connectivity index is 1.56. The molecule has 0 amide bonds. The molecule has 0 N–H and O–H groups in total. The number of ether oxygens (including phenoxy) is 1. The Hall–Kier alpha value is -2.57. The van der Waals surface area contributed by atoms with E-state index in [0.29, 0.717) is 17.9 Å². The van der Waals surface area contributed by atoms with Gasteiger partial charge in [-0.1, -0.05) is 24.3 Å². The van der Waals surface area contributed by atoms with Gasteiger partial charge in [-0.25, -0.2) is 4.79 Å². The van der Waals surface area contributed by atoms with Gasteiger partial charge in [0.1, 0.15) is 17.9 Å². The van der Waals surface area contributed by atoms with Crippen molar-refractivity contribution in [2.24, 2.45) is 0 Å². The van der Waals surface area contributed by atoms with Crippen LogP contribution in [-0.2, 0) is 15.9 Å². The van der Waals surface area contributed by atoms with Crippen molar-refractivity contribution in [2.75, 3.05) is 0 Å². The summed E-state index contributed by atoms with van der Waals surface area (Å²) in [6.45, 7) is 8.50. The van der Waals surface area contributed by atoms with Crippen LogP contribution >= 0.6 is 0 Å². The predicted molar refractivity (Wildman–Crippen MR) is 109 cm³/mol. The van der Waals surface area contributed by atoms with E-state index in [9.17, 15) is 4.79 Å². The quantitative estimate of drug-likeness (QED) is 0.512. The predicted octanol–water partition coefficient (Wildman–Crippen LogP) is 3.67. The van der Waals surface area contributed by atoms with E-state index in [1.807, 2.05) is 64.1 Å². The fourth-order valence-electron chi connectivity index (χ4n) is 3.16. The maximum absolute atomic E-state index is 11.4. The number of rotatable bonds is 4. The highest BCUT2D eigenvalue weighted by Crippen LogP contribution is 2.36. The van der Waals surface area contributed by atoms with Crippen molar-refractivity contribution >= 4 is 23.6 Å². The van der Waals surface area contributed by atoms with Gasteiger partial charge >= 0.3 is 12.7 Å². The Bertz CT molecular complexity index is 1050. The Kier molecular flexibility index (Phi) is 4.56. The van der Waals surface area contributed by atoms with Crippen LogP contribution in [0.15, 0.2) is 63.8 Å². The van der Waals surface area contributed by atoms with E-state index in [2.05, 4.69) is 0 Å². The maximum atomic E-state index is 11.4. The lowest BCUT2D eigenvalue weighted by Gasteiger charge is -2.32. The molecule has 144 valence electrons. The highest BCUT2D eigenvalue weighted by Gasteiger charge is 2.52. The normalized spacial score (nSPS) is 17.8. The highest BCUT2D eigenvalue weighted by atomic mass is 16.7. The molecule has 1 saturated heterocycles. The molecule has 0 aliphatic carbocycles. The van der Waals surface area contributed by atoms with Crippen LogP contribution in [0.25, 0.3) is 11.0 Å². The fraction of sp³-hybridized carbons (Fsp3) is 0.318. The van der Waals surface area contributed by atoms with Crippen molar-refractivity contribution in [3.8, 4) is 5.75 Å². The summed E-state index contributed by atoms with van der Waals surface area (Å²) >= 11 is 0. The van der Waals surface area contributed by atoms with Gasteiger partial charge < -0.3 is 18.5 Å². The number of hydrogen-bond donors (Lipinski definition) is 0. The molecule has 0 spiro atoms. The van der Waals surface area contributed by atoms with Gasteiger partial charge in [-0.15, -0.1) is 0 Å². The lowest BCUT2D eigenvalue weighted by molar-refractivity contribution is 0.00578. The second-order valence-corrected chi connectivity index (χ2v) is 8.03. The minimum atomic E-state index is -0.445. The van der Waals surface area contributed by atoms with Gasteiger partial charge in [-0.2, -0.15) is 0 Å². The van der Waals surface area contributed by atoms with Crippen LogP contribution in [0.5, 0.6) is 5.75 Å². The van der Waals surface area contributed by atoms with Crippen LogP contribution in [0.4, 0.5) is 0 Å². The first-order chi connectivity index (χ1) is 13.2. The summed E-state index contributed by atoms with van der Waals surface area (Å²) in [5.74, 6) is 0.630. The van der Waals surface area contributed by atoms with E-state index in [1.54, 1.807) is 12.1 Å². The van der Waals surface area contributed by atoms with Crippen LogP contribution in [0.1, 0.15) is 33.3 Å². The average Bonchev–Trinajstić information content (AvgIpc) is 2.87. The molecule has 1 aliphatic rings. The average molecular weight is 378 g/mol. The highest BCUT2D eigenvalue weighted by molar-refractivity contribution is 6.62. The summed E-state index contributed by atoms with van der Waals surface area (Å²) < 4.78 is 23.6. The molecule has 3 aromatic rings. The van der Waals surface area contributed by atoms with Crippen LogP contribution in [0.2, 0.25) is 0 Å². The molecule has 0 saturated carbocycles. The molecule has 0 bridgehead atoms. The van der Waals surface area contributed by atoms with E-state index in [-0.39, 0.29) is 5.63 Å². The van der Waals surface area contributed by atoms with Crippen molar-refractivity contribution in [3.05, 3.63) is 70.6 Å². The van der Waals surface area contributed by atoms with E-state index < -0.39 is 18.3 Å². The lowest BCUT2D eigenvalue weighted by Crippen LogP contribution is -2.41. The van der Waals surface area contributed by atoms with E-state index in [4.69, 9.17) is 18.5 Å². The third-order valence-electron chi connectivity index (χ3n) is 5.55. The van der Waals surface area contributed by atoms with Crippen LogP contribution in [-0.4, -0.2) is 18.3 Å². The van der Waals surface area contributed by atoms with Crippen LogP contribution in [0.3, 0.4) is 0 Å². The standard InChI is InChI=1S/C22H23BO5/c1-21(2)22(3,4)28-23(27-21)18-8-6-5-7-16(18)14-25-17-11-9-15-10-12-20(24)26-19(15)13-17/h5-13H,14H2,1-4H3. The van der Waals surface area contributed by atoms with Crippen LogP contribution < -0.4 is 15.8 Å². The van der Waals surface area contributed by atoms with Gasteiger partial charge in [0.25, 0.3) is 0 Å². The molecular weight excluding hydrogens is 355 g/mol. The monoisotopic (exact) mass is 378 g/mol. The Morgan fingerprint density at radius 3 is 2.36 bits per heavy atom. The van der Waals surface area contributed by atoms with Crippen molar-refractivity contribution in [1.29, 1.82) is 0 Å². The van der Waals surface area contributed by atoms with Crippen LogP contribution in [0, 0.1) is 0 Å². The molecule has 0 radical (unpaired) electrons. The Morgan fingerprint density at radius 2 is 1.61 bits per heavy atom. The zero-order valence-electron chi connectivity index (χ0n) is 16.5. The van der Waals surface area contributed by atoms with Gasteiger partial charge in [-0.05, 0) is 56.9 Å².